The summed E-state index contributed by atoms with van der Waals surface area (Å²) in [5, 5.41) is 10.6. The van der Waals surface area contributed by atoms with Crippen molar-refractivity contribution in [3.63, 3.8) is 0 Å². The molecule has 1 N–H and O–H groups in total. The number of hydrogen-bond donors (Lipinski definition) is 1. The molecule has 2 rings (SSSR count). The quantitative estimate of drug-likeness (QED) is 0.863. The molecule has 1 aromatic rings. The van der Waals surface area contributed by atoms with Crippen LogP contribution in [0.4, 0.5) is 0 Å². The van der Waals surface area contributed by atoms with Crippen molar-refractivity contribution in [1.82, 2.24) is 0 Å². The fourth-order valence-electron chi connectivity index (χ4n) is 1.66. The Labute approximate surface area is 93.6 Å². The van der Waals surface area contributed by atoms with Gasteiger partial charge in [-0.15, -0.1) is 0 Å². The Kier molecular flexibility index (Phi) is 2.52. The molecule has 1 aliphatic rings. The average Bonchev–Trinajstić information content (AvgIpc) is 2.96. The van der Waals surface area contributed by atoms with E-state index in [1.807, 2.05) is 0 Å². The molecule has 0 bridgehead atoms. The first kappa shape index (κ1) is 10.6. The van der Waals surface area contributed by atoms with E-state index in [1.165, 1.54) is 0 Å². The molecule has 0 aromatic heterocycles. The molecule has 0 heterocycles. The fourth-order valence-corrected chi connectivity index (χ4v) is 1.87. The van der Waals surface area contributed by atoms with Crippen LogP contribution in [0.3, 0.4) is 0 Å². The third kappa shape index (κ3) is 1.77. The summed E-state index contributed by atoms with van der Waals surface area (Å²) in [4.78, 5) is 0. The molecule has 1 aromatic carbocycles. The molecule has 0 saturated heterocycles. The van der Waals surface area contributed by atoms with Crippen LogP contribution < -0.4 is 9.47 Å². The standard InChI is InChI=1S/C11H13ClO3/c1-14-9-6-7(12)5-8(10(9)15-2)11(13)3-4-11/h5-6,13H,3-4H2,1-2H3. The Morgan fingerprint density at radius 3 is 2.40 bits per heavy atom. The average molecular weight is 229 g/mol. The summed E-state index contributed by atoms with van der Waals surface area (Å²) >= 11 is 5.94. The van der Waals surface area contributed by atoms with Gasteiger partial charge in [-0.2, -0.15) is 0 Å². The van der Waals surface area contributed by atoms with E-state index < -0.39 is 5.60 Å². The molecule has 4 heteroatoms. The zero-order valence-electron chi connectivity index (χ0n) is 8.71. The van der Waals surface area contributed by atoms with Crippen LogP contribution in [0.15, 0.2) is 12.1 Å². The maximum Gasteiger partial charge on any atom is 0.166 e. The molecule has 82 valence electrons. The molecule has 1 saturated carbocycles. The van der Waals surface area contributed by atoms with Crippen LogP contribution >= 0.6 is 11.6 Å². The topological polar surface area (TPSA) is 38.7 Å². The van der Waals surface area contributed by atoms with Crippen molar-refractivity contribution in [2.45, 2.75) is 18.4 Å². The van der Waals surface area contributed by atoms with Crippen LogP contribution in [-0.4, -0.2) is 19.3 Å². The normalized spacial score (nSPS) is 17.3. The summed E-state index contributed by atoms with van der Waals surface area (Å²) in [6, 6.07) is 3.41. The van der Waals surface area contributed by atoms with Gasteiger partial charge < -0.3 is 14.6 Å². The van der Waals surface area contributed by atoms with Gasteiger partial charge in [-0.05, 0) is 18.9 Å². The van der Waals surface area contributed by atoms with Gasteiger partial charge in [0.1, 0.15) is 0 Å². The largest absolute Gasteiger partial charge is 0.493 e. The van der Waals surface area contributed by atoms with Crippen LogP contribution in [0.1, 0.15) is 18.4 Å². The molecule has 1 aliphatic carbocycles. The van der Waals surface area contributed by atoms with Crippen LogP contribution in [0.2, 0.25) is 5.02 Å². The lowest BCUT2D eigenvalue weighted by Crippen LogP contribution is -2.07. The number of benzene rings is 1. The first-order valence-corrected chi connectivity index (χ1v) is 5.13. The summed E-state index contributed by atoms with van der Waals surface area (Å²) in [5.74, 6) is 1.13. The summed E-state index contributed by atoms with van der Waals surface area (Å²) < 4.78 is 10.4. The predicted octanol–water partition coefficient (Wildman–Crippen LogP) is 2.34. The molecule has 1 fully saturated rings. The van der Waals surface area contributed by atoms with E-state index in [9.17, 15) is 5.11 Å². The third-order valence-corrected chi connectivity index (χ3v) is 2.89. The highest BCUT2D eigenvalue weighted by Crippen LogP contribution is 2.51. The maximum atomic E-state index is 10.1. The number of ether oxygens (including phenoxy) is 2. The van der Waals surface area contributed by atoms with Gasteiger partial charge in [-0.1, -0.05) is 11.6 Å². The van der Waals surface area contributed by atoms with Crippen LogP contribution in [-0.2, 0) is 5.60 Å². The summed E-state index contributed by atoms with van der Waals surface area (Å²) in [5.41, 5.74) is -0.0573. The molecular formula is C11H13ClO3. The maximum absolute atomic E-state index is 10.1. The van der Waals surface area contributed by atoms with Crippen molar-refractivity contribution in [2.75, 3.05) is 14.2 Å². The lowest BCUT2D eigenvalue weighted by Gasteiger charge is -2.16. The van der Waals surface area contributed by atoms with Crippen LogP contribution in [0.5, 0.6) is 11.5 Å². The summed E-state index contributed by atoms with van der Waals surface area (Å²) in [7, 11) is 3.11. The van der Waals surface area contributed by atoms with E-state index in [-0.39, 0.29) is 0 Å². The summed E-state index contributed by atoms with van der Waals surface area (Å²) in [6.45, 7) is 0. The third-order valence-electron chi connectivity index (χ3n) is 2.67. The van der Waals surface area contributed by atoms with Gasteiger partial charge in [0.2, 0.25) is 0 Å². The molecule has 15 heavy (non-hydrogen) atoms. The van der Waals surface area contributed by atoms with Crippen LogP contribution in [0, 0.1) is 0 Å². The number of rotatable bonds is 3. The zero-order valence-corrected chi connectivity index (χ0v) is 9.47. The van der Waals surface area contributed by atoms with Gasteiger partial charge in [0.05, 0.1) is 19.8 Å². The number of methoxy groups -OCH3 is 2. The zero-order chi connectivity index (χ0) is 11.1. The highest BCUT2D eigenvalue weighted by atomic mass is 35.5. The smallest absolute Gasteiger partial charge is 0.166 e. The number of halogens is 1. The predicted molar refractivity (Wildman–Crippen MR) is 57.7 cm³/mol. The minimum atomic E-state index is -0.774. The second-order valence-corrected chi connectivity index (χ2v) is 4.16. The molecule has 0 amide bonds. The highest BCUT2D eigenvalue weighted by Gasteiger charge is 2.45. The van der Waals surface area contributed by atoms with Gasteiger partial charge in [0.15, 0.2) is 11.5 Å². The van der Waals surface area contributed by atoms with E-state index in [0.717, 1.165) is 12.8 Å². The van der Waals surface area contributed by atoms with E-state index in [2.05, 4.69) is 0 Å². The minimum Gasteiger partial charge on any atom is -0.493 e. The molecule has 3 nitrogen and oxygen atoms in total. The Morgan fingerprint density at radius 2 is 1.93 bits per heavy atom. The molecule has 0 spiro atoms. The Bertz CT molecular complexity index is 386. The highest BCUT2D eigenvalue weighted by molar-refractivity contribution is 6.30. The second kappa shape index (κ2) is 3.58. The monoisotopic (exact) mass is 228 g/mol. The van der Waals surface area contributed by atoms with Gasteiger partial charge in [-0.25, -0.2) is 0 Å². The van der Waals surface area contributed by atoms with Crippen molar-refractivity contribution < 1.29 is 14.6 Å². The van der Waals surface area contributed by atoms with Crippen molar-refractivity contribution in [3.8, 4) is 11.5 Å². The molecule has 0 atom stereocenters. The molecule has 0 aliphatic heterocycles. The SMILES string of the molecule is COc1cc(Cl)cc(C2(O)CC2)c1OC. The minimum absolute atomic E-state index is 0.544. The molecule has 0 radical (unpaired) electrons. The van der Waals surface area contributed by atoms with Crippen LogP contribution in [0.25, 0.3) is 0 Å². The second-order valence-electron chi connectivity index (χ2n) is 3.72. The van der Waals surface area contributed by atoms with Gasteiger partial charge in [0.25, 0.3) is 0 Å². The first-order valence-electron chi connectivity index (χ1n) is 4.75. The van der Waals surface area contributed by atoms with Gasteiger partial charge in [-0.3, -0.25) is 0 Å². The van der Waals surface area contributed by atoms with Crippen molar-refractivity contribution in [2.24, 2.45) is 0 Å². The van der Waals surface area contributed by atoms with E-state index in [0.29, 0.717) is 22.1 Å². The van der Waals surface area contributed by atoms with Gasteiger partial charge >= 0.3 is 0 Å². The molecular weight excluding hydrogens is 216 g/mol. The fraction of sp³-hybridized carbons (Fsp3) is 0.455. The lowest BCUT2D eigenvalue weighted by atomic mass is 10.1. The van der Waals surface area contributed by atoms with E-state index in [4.69, 9.17) is 21.1 Å². The van der Waals surface area contributed by atoms with E-state index >= 15 is 0 Å². The first-order chi connectivity index (χ1) is 7.10. The Morgan fingerprint density at radius 1 is 1.27 bits per heavy atom. The summed E-state index contributed by atoms with van der Waals surface area (Å²) in [6.07, 6.45) is 1.49. The molecule has 0 unspecified atom stereocenters. The van der Waals surface area contributed by atoms with Gasteiger partial charge in [0, 0.05) is 16.7 Å². The lowest BCUT2D eigenvalue weighted by molar-refractivity contribution is 0.146. The van der Waals surface area contributed by atoms with E-state index in [1.54, 1.807) is 26.4 Å². The number of aliphatic hydroxyl groups is 1. The van der Waals surface area contributed by atoms with Crippen molar-refractivity contribution in [3.05, 3.63) is 22.7 Å². The van der Waals surface area contributed by atoms with Crippen molar-refractivity contribution >= 4 is 11.6 Å². The number of hydrogen-bond acceptors (Lipinski definition) is 3. The Balaban J connectivity index is 2.56. The van der Waals surface area contributed by atoms with Crippen molar-refractivity contribution in [1.29, 1.82) is 0 Å². The Hall–Kier alpha value is -0.930.